The van der Waals surface area contributed by atoms with Gasteiger partial charge in [0.1, 0.15) is 6.04 Å². The van der Waals surface area contributed by atoms with Crippen molar-refractivity contribution < 1.29 is 19.1 Å². The summed E-state index contributed by atoms with van der Waals surface area (Å²) in [4.78, 5) is 39.0. The van der Waals surface area contributed by atoms with Crippen LogP contribution in [0.5, 0.6) is 0 Å². The monoisotopic (exact) mass is 500 g/mol. The zero-order valence-corrected chi connectivity index (χ0v) is 21.0. The van der Waals surface area contributed by atoms with E-state index in [1.807, 2.05) is 12.1 Å². The lowest BCUT2D eigenvalue weighted by Gasteiger charge is -2.31. The highest BCUT2D eigenvalue weighted by molar-refractivity contribution is 7.99. The van der Waals surface area contributed by atoms with Gasteiger partial charge in [0.25, 0.3) is 0 Å². The minimum Gasteiger partial charge on any atom is -0.467 e. The zero-order valence-electron chi connectivity index (χ0n) is 18.7. The van der Waals surface area contributed by atoms with Gasteiger partial charge < -0.3 is 15.0 Å². The minimum atomic E-state index is -0.692. The number of rotatable bonds is 9. The number of ether oxygens (including phenoxy) is 1. The Labute approximate surface area is 204 Å². The molecule has 0 spiro atoms. The van der Waals surface area contributed by atoms with Crippen LogP contribution in [0.15, 0.2) is 23.1 Å². The first-order valence-corrected chi connectivity index (χ1v) is 12.5. The topological polar surface area (TPSA) is 75.7 Å². The molecule has 1 saturated heterocycles. The van der Waals surface area contributed by atoms with Gasteiger partial charge in [-0.2, -0.15) is 0 Å². The number of nitrogens with one attached hydrogen (secondary N) is 1. The Bertz CT molecular complexity index is 855. The predicted octanol–water partition coefficient (Wildman–Crippen LogP) is 4.82. The maximum Gasteiger partial charge on any atom is 0.328 e. The van der Waals surface area contributed by atoms with E-state index in [1.165, 1.54) is 13.2 Å². The van der Waals surface area contributed by atoms with Crippen molar-refractivity contribution in [2.75, 3.05) is 26.0 Å². The lowest BCUT2D eigenvalue weighted by molar-refractivity contribution is -0.145. The molecule has 2 rings (SSSR count). The van der Waals surface area contributed by atoms with Crippen LogP contribution < -0.4 is 5.32 Å². The molecule has 32 heavy (non-hydrogen) atoms. The zero-order chi connectivity index (χ0) is 23.7. The Hall–Kier alpha value is -1.70. The van der Waals surface area contributed by atoms with Crippen molar-refractivity contribution in [2.24, 2.45) is 5.92 Å². The molecule has 176 valence electrons. The highest BCUT2D eigenvalue weighted by Gasteiger charge is 2.28. The van der Waals surface area contributed by atoms with E-state index >= 15 is 0 Å². The van der Waals surface area contributed by atoms with Crippen LogP contribution in [-0.2, 0) is 19.1 Å². The van der Waals surface area contributed by atoms with E-state index < -0.39 is 12.0 Å². The van der Waals surface area contributed by atoms with Gasteiger partial charge in [-0.25, -0.2) is 4.79 Å². The summed E-state index contributed by atoms with van der Waals surface area (Å²) in [7, 11) is 1.28. The third-order valence-corrected chi connectivity index (χ3v) is 7.48. The molecular formula is C23H30Cl2N2O4S. The van der Waals surface area contributed by atoms with E-state index in [-0.39, 0.29) is 17.7 Å². The summed E-state index contributed by atoms with van der Waals surface area (Å²) < 4.78 is 4.62. The Morgan fingerprint density at radius 2 is 1.94 bits per heavy atom. The van der Waals surface area contributed by atoms with Crippen molar-refractivity contribution >= 4 is 58.8 Å². The average molecular weight is 501 g/mol. The molecule has 0 unspecified atom stereocenters. The molecule has 0 saturated carbocycles. The number of carbonyl (C=O) groups excluding carboxylic acids is 3. The van der Waals surface area contributed by atoms with Crippen molar-refractivity contribution in [2.45, 2.75) is 50.5 Å². The number of nitrogens with zero attached hydrogens (tertiary/aromatic N) is 1. The summed E-state index contributed by atoms with van der Waals surface area (Å²) >= 11 is 14.5. The van der Waals surface area contributed by atoms with Crippen molar-refractivity contribution in [3.05, 3.63) is 33.8 Å². The van der Waals surface area contributed by atoms with E-state index in [0.29, 0.717) is 41.5 Å². The van der Waals surface area contributed by atoms with Gasteiger partial charge in [-0.15, -0.1) is 11.8 Å². The molecule has 1 fully saturated rings. The SMILES string of the molecule is CCCCSc1ccc(/C=C/C(=O)N2CCC(C(=O)N[C@@H](C)C(=O)OC)CC2)c(Cl)c1Cl. The number of hydrogen-bond donors (Lipinski definition) is 1. The molecule has 1 aliphatic rings. The molecule has 2 amide bonds. The fraction of sp³-hybridized carbons (Fsp3) is 0.522. The van der Waals surface area contributed by atoms with Gasteiger partial charge in [-0.3, -0.25) is 9.59 Å². The van der Waals surface area contributed by atoms with Gasteiger partial charge in [0.15, 0.2) is 0 Å². The van der Waals surface area contributed by atoms with Crippen molar-refractivity contribution in [3.63, 3.8) is 0 Å². The van der Waals surface area contributed by atoms with E-state index in [2.05, 4.69) is 17.0 Å². The molecule has 0 radical (unpaired) electrons. The van der Waals surface area contributed by atoms with Crippen LogP contribution in [0.1, 0.15) is 45.1 Å². The van der Waals surface area contributed by atoms with Crippen LogP contribution in [-0.4, -0.2) is 54.7 Å². The quantitative estimate of drug-likeness (QED) is 0.227. The van der Waals surface area contributed by atoms with Gasteiger partial charge in [-0.1, -0.05) is 42.6 Å². The predicted molar refractivity (Wildman–Crippen MR) is 130 cm³/mol. The second-order valence-electron chi connectivity index (χ2n) is 7.67. The molecule has 1 heterocycles. The van der Waals surface area contributed by atoms with Crippen molar-refractivity contribution in [1.29, 1.82) is 0 Å². The van der Waals surface area contributed by atoms with E-state index in [9.17, 15) is 14.4 Å². The number of piperidine rings is 1. The number of methoxy groups -OCH3 is 1. The smallest absolute Gasteiger partial charge is 0.328 e. The van der Waals surface area contributed by atoms with Crippen molar-refractivity contribution in [3.8, 4) is 0 Å². The largest absolute Gasteiger partial charge is 0.467 e. The Morgan fingerprint density at radius 1 is 1.25 bits per heavy atom. The maximum atomic E-state index is 12.6. The molecule has 1 aromatic rings. The fourth-order valence-corrected chi connectivity index (χ4v) is 4.97. The second-order valence-corrected chi connectivity index (χ2v) is 9.56. The fourth-order valence-electron chi connectivity index (χ4n) is 3.31. The standard InChI is InChI=1S/C23H30Cl2N2O4S/c1-4-5-14-32-18-8-6-16(20(24)21(18)25)7-9-19(28)27-12-10-17(11-13-27)22(29)26-15(2)23(30)31-3/h6-9,15,17H,4-5,10-14H2,1-3H3,(H,26,29)/b9-7+/t15-/m0/s1. The molecule has 6 nitrogen and oxygen atoms in total. The highest BCUT2D eigenvalue weighted by atomic mass is 35.5. The summed E-state index contributed by atoms with van der Waals surface area (Å²) in [5, 5.41) is 3.61. The molecule has 1 N–H and O–H groups in total. The number of thioether (sulfide) groups is 1. The van der Waals surface area contributed by atoms with Crippen molar-refractivity contribution in [1.82, 2.24) is 10.2 Å². The first kappa shape index (κ1) is 26.6. The van der Waals surface area contributed by atoms with Crippen LogP contribution in [0.4, 0.5) is 0 Å². The summed E-state index contributed by atoms with van der Waals surface area (Å²) in [5.41, 5.74) is 0.691. The third-order valence-electron chi connectivity index (χ3n) is 5.33. The van der Waals surface area contributed by atoms with E-state index in [0.717, 1.165) is 23.5 Å². The molecular weight excluding hydrogens is 471 g/mol. The Balaban J connectivity index is 1.89. The summed E-state index contributed by atoms with van der Waals surface area (Å²) in [6, 6.07) is 3.10. The Morgan fingerprint density at radius 3 is 2.56 bits per heavy atom. The normalized spacial score (nSPS) is 15.6. The van der Waals surface area contributed by atoms with E-state index in [1.54, 1.807) is 29.7 Å². The summed E-state index contributed by atoms with van der Waals surface area (Å²) in [5.74, 6) is -0.0664. The average Bonchev–Trinajstić information content (AvgIpc) is 2.80. The minimum absolute atomic E-state index is 0.139. The number of benzene rings is 1. The molecule has 0 bridgehead atoms. The molecule has 0 aromatic heterocycles. The van der Waals surface area contributed by atoms with Crippen LogP contribution in [0.25, 0.3) is 6.08 Å². The lowest BCUT2D eigenvalue weighted by atomic mass is 9.95. The molecule has 9 heteroatoms. The van der Waals surface area contributed by atoms with Crippen LogP contribution >= 0.6 is 35.0 Å². The number of carbonyl (C=O) groups is 3. The number of likely N-dealkylation sites (tertiary alicyclic amines) is 1. The number of unbranched alkanes of at least 4 members (excludes halogenated alkanes) is 1. The second kappa shape index (κ2) is 13.1. The van der Waals surface area contributed by atoms with Gasteiger partial charge in [0.05, 0.1) is 17.2 Å². The van der Waals surface area contributed by atoms with Crippen LogP contribution in [0, 0.1) is 5.92 Å². The lowest BCUT2D eigenvalue weighted by Crippen LogP contribution is -2.46. The number of hydrogen-bond acceptors (Lipinski definition) is 5. The number of esters is 1. The first-order valence-electron chi connectivity index (χ1n) is 10.7. The Kier molecular flexibility index (Phi) is 10.9. The van der Waals surface area contributed by atoms with Gasteiger partial charge >= 0.3 is 5.97 Å². The molecule has 1 aromatic carbocycles. The molecule has 0 aliphatic carbocycles. The van der Waals surface area contributed by atoms with Gasteiger partial charge in [0, 0.05) is 30.0 Å². The van der Waals surface area contributed by atoms with Gasteiger partial charge in [-0.05, 0) is 49.6 Å². The highest BCUT2D eigenvalue weighted by Crippen LogP contribution is 2.36. The third kappa shape index (κ3) is 7.42. The van der Waals surface area contributed by atoms with Crippen LogP contribution in [0.3, 0.4) is 0 Å². The number of amides is 2. The summed E-state index contributed by atoms with van der Waals surface area (Å²) in [6.07, 6.45) is 6.47. The number of halogens is 2. The van der Waals surface area contributed by atoms with E-state index in [4.69, 9.17) is 23.2 Å². The molecule has 1 atom stereocenters. The maximum absolute atomic E-state index is 12.6. The molecule has 1 aliphatic heterocycles. The first-order chi connectivity index (χ1) is 15.3. The van der Waals surface area contributed by atoms with Gasteiger partial charge in [0.2, 0.25) is 11.8 Å². The summed E-state index contributed by atoms with van der Waals surface area (Å²) in [6.45, 7) is 4.66. The van der Waals surface area contributed by atoms with Crippen LogP contribution in [0.2, 0.25) is 10.0 Å².